The van der Waals surface area contributed by atoms with Gasteiger partial charge in [0.15, 0.2) is 5.84 Å². The largest absolute Gasteiger partial charge is 0.495 e. The first-order chi connectivity index (χ1) is 13.7. The molecule has 0 radical (unpaired) electrons. The molecule has 9 heteroatoms. The number of methoxy groups -OCH3 is 1. The fourth-order valence-electron chi connectivity index (χ4n) is 3.52. The second-order valence-electron chi connectivity index (χ2n) is 7.00. The quantitative estimate of drug-likeness (QED) is 0.821. The summed E-state index contributed by atoms with van der Waals surface area (Å²) in [5.41, 5.74) is 1.02. The molecule has 3 rings (SSSR count). The van der Waals surface area contributed by atoms with Crippen molar-refractivity contribution in [2.24, 2.45) is 15.9 Å². The number of fused-ring (bicyclic) bond motifs is 1. The molecule has 0 spiro atoms. The lowest BCUT2D eigenvalue weighted by Gasteiger charge is -2.19. The summed E-state index contributed by atoms with van der Waals surface area (Å²) in [6.07, 6.45) is -2.63. The van der Waals surface area contributed by atoms with Crippen molar-refractivity contribution in [2.45, 2.75) is 32.5 Å². The van der Waals surface area contributed by atoms with Crippen LogP contribution in [0, 0.1) is 5.92 Å². The van der Waals surface area contributed by atoms with Crippen molar-refractivity contribution in [3.63, 3.8) is 0 Å². The topological polar surface area (TPSA) is 66.3 Å². The van der Waals surface area contributed by atoms with E-state index in [4.69, 9.17) is 4.74 Å². The van der Waals surface area contributed by atoms with Crippen LogP contribution in [0.2, 0.25) is 0 Å². The zero-order valence-electron chi connectivity index (χ0n) is 16.7. The number of rotatable bonds is 3. The average Bonchev–Trinajstić information content (AvgIpc) is 2.84. The van der Waals surface area contributed by atoms with Gasteiger partial charge in [-0.25, -0.2) is 4.99 Å². The lowest BCUT2D eigenvalue weighted by molar-refractivity contribution is -0.0863. The lowest BCUT2D eigenvalue weighted by Crippen LogP contribution is -2.24. The molecular formula is C20H23F3N4O2. The van der Waals surface area contributed by atoms with Crippen molar-refractivity contribution in [2.75, 3.05) is 26.5 Å². The number of amides is 1. The molecule has 1 amide bonds. The number of benzene rings is 1. The Labute approximate surface area is 167 Å². The standard InChI is InChI=1S/C20H23F3N4O2/c1-5-11-6-7-14(20(21,22)23)18(24-2)26-17(11)25-15-9-13-12(8-16(15)29-4)10-27(3)19(13)28/h7-9,11H,5-6,10H2,1-4H3,(H,24,25,26). The van der Waals surface area contributed by atoms with E-state index < -0.39 is 11.7 Å². The van der Waals surface area contributed by atoms with Gasteiger partial charge in [0.1, 0.15) is 11.6 Å². The first-order valence-electron chi connectivity index (χ1n) is 9.26. The van der Waals surface area contributed by atoms with E-state index in [9.17, 15) is 18.0 Å². The molecule has 2 aliphatic heterocycles. The number of alkyl halides is 3. The van der Waals surface area contributed by atoms with Crippen molar-refractivity contribution in [3.05, 3.63) is 34.9 Å². The fourth-order valence-corrected chi connectivity index (χ4v) is 3.52. The minimum atomic E-state index is -4.53. The highest BCUT2D eigenvalue weighted by Gasteiger charge is 2.38. The number of nitrogens with zero attached hydrogens (tertiary/aromatic N) is 3. The lowest BCUT2D eigenvalue weighted by atomic mass is 9.99. The number of hydrogen-bond acceptors (Lipinski definition) is 4. The third-order valence-corrected chi connectivity index (χ3v) is 5.14. The molecule has 0 aromatic heterocycles. The van der Waals surface area contributed by atoms with E-state index in [-0.39, 0.29) is 24.1 Å². The number of hydrogen-bond donors (Lipinski definition) is 1. The van der Waals surface area contributed by atoms with Crippen LogP contribution in [0.4, 0.5) is 18.9 Å². The summed E-state index contributed by atoms with van der Waals surface area (Å²) in [6.45, 7) is 2.37. The Hall–Kier alpha value is -2.84. The van der Waals surface area contributed by atoms with E-state index in [0.717, 1.165) is 11.6 Å². The number of halogens is 3. The monoisotopic (exact) mass is 408 g/mol. The van der Waals surface area contributed by atoms with Gasteiger partial charge in [-0.3, -0.25) is 9.79 Å². The highest BCUT2D eigenvalue weighted by Crippen LogP contribution is 2.35. The van der Waals surface area contributed by atoms with Gasteiger partial charge in [0.05, 0.1) is 18.4 Å². The molecule has 1 atom stereocenters. The van der Waals surface area contributed by atoms with Crippen LogP contribution in [0.25, 0.3) is 0 Å². The van der Waals surface area contributed by atoms with Crippen molar-refractivity contribution >= 4 is 23.3 Å². The van der Waals surface area contributed by atoms with Crippen LogP contribution in [-0.2, 0) is 6.54 Å². The Morgan fingerprint density at radius 2 is 2.10 bits per heavy atom. The molecule has 0 bridgehead atoms. The van der Waals surface area contributed by atoms with Crippen LogP contribution in [-0.4, -0.2) is 49.9 Å². The molecule has 1 unspecified atom stereocenters. The molecule has 29 heavy (non-hydrogen) atoms. The first-order valence-corrected chi connectivity index (χ1v) is 9.26. The predicted molar refractivity (Wildman–Crippen MR) is 106 cm³/mol. The van der Waals surface area contributed by atoms with Crippen LogP contribution < -0.4 is 10.1 Å². The van der Waals surface area contributed by atoms with E-state index >= 15 is 0 Å². The molecule has 1 aromatic rings. The van der Waals surface area contributed by atoms with Crippen LogP contribution >= 0.6 is 0 Å². The van der Waals surface area contributed by atoms with Gasteiger partial charge < -0.3 is 15.0 Å². The Balaban J connectivity index is 2.03. The molecule has 0 saturated heterocycles. The van der Waals surface area contributed by atoms with Crippen molar-refractivity contribution in [3.8, 4) is 5.75 Å². The second kappa shape index (κ2) is 7.88. The molecule has 2 heterocycles. The Bertz CT molecular complexity index is 919. The summed E-state index contributed by atoms with van der Waals surface area (Å²) in [5, 5.41) is 3.12. The molecule has 6 nitrogen and oxygen atoms in total. The number of ether oxygens (including phenoxy) is 1. The van der Waals surface area contributed by atoms with Gasteiger partial charge in [-0.2, -0.15) is 13.2 Å². The predicted octanol–water partition coefficient (Wildman–Crippen LogP) is 4.04. The maximum absolute atomic E-state index is 13.4. The van der Waals surface area contributed by atoms with Crippen LogP contribution in [0.1, 0.15) is 35.7 Å². The maximum Gasteiger partial charge on any atom is 0.419 e. The molecule has 1 aromatic carbocycles. The van der Waals surface area contributed by atoms with Gasteiger partial charge in [-0.15, -0.1) is 0 Å². The first kappa shape index (κ1) is 20.9. The number of anilines is 1. The summed E-state index contributed by atoms with van der Waals surface area (Å²) in [4.78, 5) is 21.9. The van der Waals surface area contributed by atoms with Gasteiger partial charge in [-0.1, -0.05) is 13.0 Å². The Morgan fingerprint density at radius 1 is 1.38 bits per heavy atom. The number of aliphatic imine (C=N–C) groups is 2. The number of carbonyl (C=O) groups is 1. The van der Waals surface area contributed by atoms with Crippen molar-refractivity contribution in [1.82, 2.24) is 4.90 Å². The normalized spacial score (nSPS) is 20.9. The minimum absolute atomic E-state index is 0.114. The molecule has 1 N–H and O–H groups in total. The molecule has 156 valence electrons. The van der Waals surface area contributed by atoms with Gasteiger partial charge >= 0.3 is 6.18 Å². The minimum Gasteiger partial charge on any atom is -0.495 e. The number of amidine groups is 2. The summed E-state index contributed by atoms with van der Waals surface area (Å²) < 4.78 is 45.6. The van der Waals surface area contributed by atoms with Gasteiger partial charge in [-0.05, 0) is 30.5 Å². The number of carbonyl (C=O) groups excluding carboxylic acids is 1. The van der Waals surface area contributed by atoms with Crippen LogP contribution in [0.5, 0.6) is 5.75 Å². The number of nitrogens with one attached hydrogen (secondary N) is 1. The molecule has 0 fully saturated rings. The van der Waals surface area contributed by atoms with Crippen LogP contribution in [0.3, 0.4) is 0 Å². The van der Waals surface area contributed by atoms with E-state index in [1.807, 2.05) is 6.92 Å². The second-order valence-corrected chi connectivity index (χ2v) is 7.00. The summed E-state index contributed by atoms with van der Waals surface area (Å²) in [7, 11) is 4.49. The van der Waals surface area contributed by atoms with Gasteiger partial charge in [0.2, 0.25) is 0 Å². The third-order valence-electron chi connectivity index (χ3n) is 5.14. The summed E-state index contributed by atoms with van der Waals surface area (Å²) in [6, 6.07) is 3.44. The maximum atomic E-state index is 13.4. The van der Waals surface area contributed by atoms with Crippen molar-refractivity contribution < 1.29 is 22.7 Å². The smallest absolute Gasteiger partial charge is 0.419 e. The van der Waals surface area contributed by atoms with Gasteiger partial charge in [0, 0.05) is 32.1 Å². The third kappa shape index (κ3) is 3.99. The zero-order chi connectivity index (χ0) is 21.3. The fraction of sp³-hybridized carbons (Fsp3) is 0.450. The zero-order valence-corrected chi connectivity index (χ0v) is 16.7. The summed E-state index contributed by atoms with van der Waals surface area (Å²) >= 11 is 0. The highest BCUT2D eigenvalue weighted by atomic mass is 19.4. The van der Waals surface area contributed by atoms with Gasteiger partial charge in [0.25, 0.3) is 5.91 Å². The van der Waals surface area contributed by atoms with Crippen molar-refractivity contribution in [1.29, 1.82) is 0 Å². The average molecular weight is 408 g/mol. The van der Waals surface area contributed by atoms with E-state index in [1.54, 1.807) is 24.1 Å². The molecular weight excluding hydrogens is 385 g/mol. The Morgan fingerprint density at radius 3 is 2.69 bits per heavy atom. The molecule has 0 saturated carbocycles. The summed E-state index contributed by atoms with van der Waals surface area (Å²) in [5.74, 6) is 0.112. The van der Waals surface area contributed by atoms with Crippen LogP contribution in [0.15, 0.2) is 33.8 Å². The van der Waals surface area contributed by atoms with E-state index in [0.29, 0.717) is 35.8 Å². The van der Waals surface area contributed by atoms with E-state index in [2.05, 4.69) is 15.3 Å². The molecule has 0 aliphatic carbocycles. The molecule has 2 aliphatic rings. The van der Waals surface area contributed by atoms with E-state index in [1.165, 1.54) is 14.2 Å². The highest BCUT2D eigenvalue weighted by molar-refractivity contribution is 6.12. The number of allylic oxidation sites excluding steroid dienone is 1. The Kier molecular flexibility index (Phi) is 5.68. The SMILES string of the molecule is CCC1CC=C(C(F)(F)F)C(=NC)N=C1Nc1cc2c(cc1OC)CN(C)C2=O.